The third-order valence-corrected chi connectivity index (χ3v) is 5.03. The van der Waals surface area contributed by atoms with Crippen molar-refractivity contribution in [3.63, 3.8) is 0 Å². The Bertz CT molecular complexity index is 599. The van der Waals surface area contributed by atoms with E-state index in [1.54, 1.807) is 6.92 Å². The maximum atomic E-state index is 12.2. The Kier molecular flexibility index (Phi) is 4.26. The van der Waals surface area contributed by atoms with Crippen LogP contribution in [0.1, 0.15) is 48.8 Å². The van der Waals surface area contributed by atoms with Crippen LogP contribution in [0.3, 0.4) is 0 Å². The van der Waals surface area contributed by atoms with Crippen molar-refractivity contribution in [1.29, 1.82) is 5.26 Å². The summed E-state index contributed by atoms with van der Waals surface area (Å²) in [5.41, 5.74) is 5.88. The molecule has 3 N–H and O–H groups in total. The van der Waals surface area contributed by atoms with Gasteiger partial charge >= 0.3 is 0 Å². The van der Waals surface area contributed by atoms with Gasteiger partial charge in [-0.3, -0.25) is 4.79 Å². The standard InChI is InChI=1S/C15H21N3O2S/c1-9(2)12(19)13-11(17)10(7-16)14(21-13)18-6-4-5-15(3,20)8-18/h9,20H,4-6,8,17H2,1-3H3. The Morgan fingerprint density at radius 2 is 2.24 bits per heavy atom. The van der Waals surface area contributed by atoms with E-state index in [-0.39, 0.29) is 17.4 Å². The van der Waals surface area contributed by atoms with Gasteiger partial charge in [-0.25, -0.2) is 0 Å². The molecule has 0 bridgehead atoms. The number of nitrogen functional groups attached to an aromatic ring is 1. The highest BCUT2D eigenvalue weighted by atomic mass is 32.1. The molecule has 1 unspecified atom stereocenters. The Labute approximate surface area is 129 Å². The molecular formula is C15H21N3O2S. The first kappa shape index (κ1) is 15.8. The van der Waals surface area contributed by atoms with Gasteiger partial charge in [0.1, 0.15) is 16.6 Å². The fourth-order valence-electron chi connectivity index (χ4n) is 2.60. The fraction of sp³-hybridized carbons (Fsp3) is 0.600. The van der Waals surface area contributed by atoms with E-state index in [1.165, 1.54) is 11.3 Å². The molecule has 114 valence electrons. The van der Waals surface area contributed by atoms with Crippen molar-refractivity contribution in [3.8, 4) is 6.07 Å². The third-order valence-electron chi connectivity index (χ3n) is 3.75. The molecule has 0 radical (unpaired) electrons. The summed E-state index contributed by atoms with van der Waals surface area (Å²) in [7, 11) is 0. The van der Waals surface area contributed by atoms with E-state index < -0.39 is 5.60 Å². The summed E-state index contributed by atoms with van der Waals surface area (Å²) in [5.74, 6) is -0.196. The van der Waals surface area contributed by atoms with Gasteiger partial charge < -0.3 is 15.7 Å². The normalized spacial score (nSPS) is 22.4. The van der Waals surface area contributed by atoms with Crippen LogP contribution in [0.5, 0.6) is 0 Å². The van der Waals surface area contributed by atoms with Crippen molar-refractivity contribution in [2.24, 2.45) is 5.92 Å². The average molecular weight is 307 g/mol. The number of thiophene rings is 1. The molecule has 1 aliphatic rings. The van der Waals surface area contributed by atoms with E-state index in [0.717, 1.165) is 19.4 Å². The van der Waals surface area contributed by atoms with Gasteiger partial charge in [0.25, 0.3) is 0 Å². The second-order valence-electron chi connectivity index (χ2n) is 6.18. The number of nitrogens with zero attached hydrogens (tertiary/aromatic N) is 2. The lowest BCUT2D eigenvalue weighted by Gasteiger charge is -2.37. The van der Waals surface area contributed by atoms with Gasteiger partial charge in [0.15, 0.2) is 5.78 Å². The van der Waals surface area contributed by atoms with Crippen LogP contribution in [0.25, 0.3) is 0 Å². The smallest absolute Gasteiger partial charge is 0.177 e. The monoisotopic (exact) mass is 307 g/mol. The lowest BCUT2D eigenvalue weighted by molar-refractivity contribution is 0.0451. The number of nitriles is 1. The summed E-state index contributed by atoms with van der Waals surface area (Å²) in [6.45, 7) is 6.65. The number of carbonyl (C=O) groups is 1. The van der Waals surface area contributed by atoms with Crippen molar-refractivity contribution in [2.75, 3.05) is 23.7 Å². The number of aliphatic hydroxyl groups is 1. The first-order chi connectivity index (χ1) is 9.76. The molecule has 2 heterocycles. The average Bonchev–Trinajstić information content (AvgIpc) is 2.73. The van der Waals surface area contributed by atoms with Gasteiger partial charge in [-0.1, -0.05) is 13.8 Å². The summed E-state index contributed by atoms with van der Waals surface area (Å²) in [5, 5.41) is 20.3. The molecule has 1 aromatic rings. The van der Waals surface area contributed by atoms with Crippen molar-refractivity contribution in [1.82, 2.24) is 0 Å². The fourth-order valence-corrected chi connectivity index (χ4v) is 3.88. The highest BCUT2D eigenvalue weighted by Crippen LogP contribution is 2.40. The van der Waals surface area contributed by atoms with Crippen LogP contribution in [0.4, 0.5) is 10.7 Å². The lowest BCUT2D eigenvalue weighted by atomic mass is 9.95. The molecule has 1 saturated heterocycles. The van der Waals surface area contributed by atoms with Crippen molar-refractivity contribution in [3.05, 3.63) is 10.4 Å². The summed E-state index contributed by atoms with van der Waals surface area (Å²) in [6.07, 6.45) is 1.59. The van der Waals surface area contributed by atoms with E-state index in [1.807, 2.05) is 18.7 Å². The minimum Gasteiger partial charge on any atom is -0.396 e. The molecule has 0 amide bonds. The second-order valence-corrected chi connectivity index (χ2v) is 7.18. The first-order valence-electron chi connectivity index (χ1n) is 7.10. The summed E-state index contributed by atoms with van der Waals surface area (Å²) < 4.78 is 0. The quantitative estimate of drug-likeness (QED) is 0.837. The number of hydrogen-bond acceptors (Lipinski definition) is 6. The lowest BCUT2D eigenvalue weighted by Crippen LogP contribution is -2.46. The Morgan fingerprint density at radius 3 is 2.76 bits per heavy atom. The van der Waals surface area contributed by atoms with Gasteiger partial charge in [-0.05, 0) is 19.8 Å². The topological polar surface area (TPSA) is 90.4 Å². The number of Topliss-reactive ketones (excluding diaryl/α,β-unsaturated/α-hetero) is 1. The molecule has 5 nitrogen and oxygen atoms in total. The molecule has 1 aliphatic heterocycles. The SMILES string of the molecule is CC(C)C(=O)c1sc(N2CCCC(C)(O)C2)c(C#N)c1N. The first-order valence-corrected chi connectivity index (χ1v) is 7.92. The minimum atomic E-state index is -0.772. The van der Waals surface area contributed by atoms with Crippen molar-refractivity contribution in [2.45, 2.75) is 39.2 Å². The number of anilines is 2. The minimum absolute atomic E-state index is 0.0379. The van der Waals surface area contributed by atoms with E-state index in [0.29, 0.717) is 22.0 Å². The number of piperidine rings is 1. The molecule has 2 rings (SSSR count). The van der Waals surface area contributed by atoms with Gasteiger partial charge in [-0.2, -0.15) is 5.26 Å². The number of ketones is 1. The molecule has 1 aromatic heterocycles. The Hall–Kier alpha value is -1.58. The largest absolute Gasteiger partial charge is 0.396 e. The number of rotatable bonds is 3. The van der Waals surface area contributed by atoms with Crippen LogP contribution in [0.2, 0.25) is 0 Å². The predicted molar refractivity (Wildman–Crippen MR) is 84.7 cm³/mol. The summed E-state index contributed by atoms with van der Waals surface area (Å²) >= 11 is 1.27. The Balaban J connectivity index is 2.43. The van der Waals surface area contributed by atoms with Crippen molar-refractivity contribution >= 4 is 27.8 Å². The maximum Gasteiger partial charge on any atom is 0.177 e. The van der Waals surface area contributed by atoms with E-state index in [2.05, 4.69) is 6.07 Å². The highest BCUT2D eigenvalue weighted by Gasteiger charge is 2.32. The summed E-state index contributed by atoms with van der Waals surface area (Å²) in [4.78, 5) is 14.6. The molecule has 6 heteroatoms. The molecule has 0 aliphatic carbocycles. The van der Waals surface area contributed by atoms with Crippen molar-refractivity contribution < 1.29 is 9.90 Å². The third kappa shape index (κ3) is 3.04. The number of hydrogen-bond donors (Lipinski definition) is 2. The zero-order valence-electron chi connectivity index (χ0n) is 12.6. The zero-order chi connectivity index (χ0) is 15.8. The number of nitrogens with two attached hydrogens (primary N) is 1. The number of carbonyl (C=O) groups excluding carboxylic acids is 1. The van der Waals surface area contributed by atoms with E-state index in [4.69, 9.17) is 5.73 Å². The van der Waals surface area contributed by atoms with E-state index in [9.17, 15) is 15.2 Å². The van der Waals surface area contributed by atoms with Gasteiger partial charge in [0.05, 0.1) is 16.2 Å². The van der Waals surface area contributed by atoms with Crippen LogP contribution >= 0.6 is 11.3 Å². The molecule has 0 aromatic carbocycles. The maximum absolute atomic E-state index is 12.2. The zero-order valence-corrected chi connectivity index (χ0v) is 13.5. The van der Waals surface area contributed by atoms with E-state index >= 15 is 0 Å². The molecular weight excluding hydrogens is 286 g/mol. The molecule has 1 atom stereocenters. The highest BCUT2D eigenvalue weighted by molar-refractivity contribution is 7.19. The second kappa shape index (κ2) is 5.66. The van der Waals surface area contributed by atoms with Crippen LogP contribution in [-0.4, -0.2) is 29.6 Å². The summed E-state index contributed by atoms with van der Waals surface area (Å²) in [6, 6.07) is 2.11. The molecule has 21 heavy (non-hydrogen) atoms. The molecule has 0 saturated carbocycles. The van der Waals surface area contributed by atoms with Crippen LogP contribution in [-0.2, 0) is 0 Å². The molecule has 0 spiro atoms. The van der Waals surface area contributed by atoms with Gasteiger partial charge in [0.2, 0.25) is 0 Å². The van der Waals surface area contributed by atoms with Crippen LogP contribution in [0, 0.1) is 17.2 Å². The predicted octanol–water partition coefficient (Wildman–Crippen LogP) is 2.39. The van der Waals surface area contributed by atoms with Gasteiger partial charge in [-0.15, -0.1) is 11.3 Å². The van der Waals surface area contributed by atoms with Gasteiger partial charge in [0, 0.05) is 19.0 Å². The number of β-amino-alcohol motifs (C(OH)–C–C–N with tert-alkyl or cyclic N) is 1. The van der Waals surface area contributed by atoms with Crippen LogP contribution in [0.15, 0.2) is 0 Å². The Morgan fingerprint density at radius 1 is 1.57 bits per heavy atom. The van der Waals surface area contributed by atoms with Crippen LogP contribution < -0.4 is 10.6 Å². The molecule has 1 fully saturated rings.